The highest BCUT2D eigenvalue weighted by Crippen LogP contribution is 2.30. The minimum atomic E-state index is 0.181. The fourth-order valence-electron chi connectivity index (χ4n) is 3.79. The van der Waals surface area contributed by atoms with Crippen LogP contribution in [-0.2, 0) is 4.79 Å². The van der Waals surface area contributed by atoms with Gasteiger partial charge in [-0.05, 0) is 61.6 Å². The number of carbonyl (C=O) groups is 1. The Morgan fingerprint density at radius 2 is 2.00 bits per heavy atom. The molecule has 3 aromatic rings. The largest absolute Gasteiger partial charge is 0.477 e. The van der Waals surface area contributed by atoms with Crippen LogP contribution in [0.2, 0.25) is 5.02 Å². The van der Waals surface area contributed by atoms with Crippen molar-refractivity contribution in [2.24, 2.45) is 0 Å². The highest BCUT2D eigenvalue weighted by molar-refractivity contribution is 7.13. The number of amides is 1. The quantitative estimate of drug-likeness (QED) is 0.525. The van der Waals surface area contributed by atoms with E-state index in [1.807, 2.05) is 43.0 Å². The minimum absolute atomic E-state index is 0.181. The number of hydrogen-bond acceptors (Lipinski definition) is 6. The second-order valence-electron chi connectivity index (χ2n) is 7.55. The Kier molecular flexibility index (Phi) is 6.39. The lowest BCUT2D eigenvalue weighted by atomic mass is 10.2. The van der Waals surface area contributed by atoms with Crippen LogP contribution in [-0.4, -0.2) is 53.0 Å². The number of ether oxygens (including phenoxy) is 1. The molecule has 1 aliphatic rings. The second-order valence-corrected chi connectivity index (χ2v) is 8.74. The Morgan fingerprint density at radius 1 is 1.20 bits per heavy atom. The van der Waals surface area contributed by atoms with Crippen molar-refractivity contribution >= 4 is 44.9 Å². The van der Waals surface area contributed by atoms with Crippen LogP contribution in [0.15, 0.2) is 30.3 Å². The summed E-state index contributed by atoms with van der Waals surface area (Å²) in [6.45, 7) is 7.59. The first-order chi connectivity index (χ1) is 14.5. The van der Waals surface area contributed by atoms with Crippen LogP contribution in [0.3, 0.4) is 0 Å². The molecule has 1 amide bonds. The number of carbonyl (C=O) groups excluding carboxylic acids is 1. The number of aromatic nitrogens is 2. The summed E-state index contributed by atoms with van der Waals surface area (Å²) < 4.78 is 10.3. The Labute approximate surface area is 185 Å². The molecule has 0 unspecified atom stereocenters. The summed E-state index contributed by atoms with van der Waals surface area (Å²) >= 11 is 7.44. The third kappa shape index (κ3) is 4.68. The van der Waals surface area contributed by atoms with Crippen molar-refractivity contribution < 1.29 is 9.53 Å². The van der Waals surface area contributed by atoms with Gasteiger partial charge in [-0.1, -0.05) is 17.7 Å². The van der Waals surface area contributed by atoms with Crippen LogP contribution in [0.1, 0.15) is 24.1 Å². The van der Waals surface area contributed by atoms with Crippen molar-refractivity contribution in [3.63, 3.8) is 0 Å². The van der Waals surface area contributed by atoms with Gasteiger partial charge in [-0.3, -0.25) is 4.79 Å². The maximum atomic E-state index is 12.6. The predicted octanol–water partition coefficient (Wildman–Crippen LogP) is 4.47. The second kappa shape index (κ2) is 9.18. The Hall–Kier alpha value is -2.38. The van der Waals surface area contributed by atoms with Crippen molar-refractivity contribution in [3.8, 4) is 5.88 Å². The summed E-state index contributed by atoms with van der Waals surface area (Å²) in [7, 11) is 0. The number of halogens is 1. The number of benzene rings is 1. The monoisotopic (exact) mass is 444 g/mol. The summed E-state index contributed by atoms with van der Waals surface area (Å²) in [5.74, 6) is 0.809. The van der Waals surface area contributed by atoms with Crippen molar-refractivity contribution in [1.29, 1.82) is 0 Å². The topological polar surface area (TPSA) is 58.6 Å². The van der Waals surface area contributed by atoms with E-state index in [0.29, 0.717) is 25.3 Å². The molecule has 1 aromatic carbocycles. The first-order valence-corrected chi connectivity index (χ1v) is 11.3. The van der Waals surface area contributed by atoms with Gasteiger partial charge in [-0.2, -0.15) is 4.37 Å². The molecule has 0 atom stereocenters. The van der Waals surface area contributed by atoms with E-state index in [4.69, 9.17) is 16.3 Å². The SMILES string of the molecule is Cc1cc(C)c2c(OCCCC(=O)N3CCN(c4cccc(Cl)c4)CC3)nsc2n1. The highest BCUT2D eigenvalue weighted by atomic mass is 35.5. The van der Waals surface area contributed by atoms with Gasteiger partial charge in [0.25, 0.3) is 0 Å². The minimum Gasteiger partial charge on any atom is -0.477 e. The lowest BCUT2D eigenvalue weighted by Gasteiger charge is -2.36. The van der Waals surface area contributed by atoms with Crippen LogP contribution >= 0.6 is 23.1 Å². The number of pyridine rings is 1. The van der Waals surface area contributed by atoms with Crippen LogP contribution in [0, 0.1) is 13.8 Å². The van der Waals surface area contributed by atoms with E-state index < -0.39 is 0 Å². The van der Waals surface area contributed by atoms with Crippen molar-refractivity contribution in [1.82, 2.24) is 14.3 Å². The van der Waals surface area contributed by atoms with E-state index in [-0.39, 0.29) is 5.91 Å². The molecular formula is C22H25ClN4O2S. The van der Waals surface area contributed by atoms with Crippen molar-refractivity contribution in [3.05, 3.63) is 46.6 Å². The summed E-state index contributed by atoms with van der Waals surface area (Å²) in [4.78, 5) is 22.2. The van der Waals surface area contributed by atoms with E-state index in [2.05, 4.69) is 20.3 Å². The molecule has 8 heteroatoms. The van der Waals surface area contributed by atoms with E-state index in [9.17, 15) is 4.79 Å². The molecule has 0 aliphatic carbocycles. The van der Waals surface area contributed by atoms with Gasteiger partial charge >= 0.3 is 0 Å². The molecule has 4 rings (SSSR count). The fraction of sp³-hybridized carbons (Fsp3) is 0.409. The molecule has 6 nitrogen and oxygen atoms in total. The Morgan fingerprint density at radius 3 is 2.77 bits per heavy atom. The molecule has 0 bridgehead atoms. The van der Waals surface area contributed by atoms with Gasteiger partial charge in [0.05, 0.1) is 12.0 Å². The average Bonchev–Trinajstić information content (AvgIpc) is 3.14. The van der Waals surface area contributed by atoms with Gasteiger partial charge in [0.1, 0.15) is 4.83 Å². The number of hydrogen-bond donors (Lipinski definition) is 0. The fourth-order valence-corrected chi connectivity index (χ4v) is 4.82. The lowest BCUT2D eigenvalue weighted by molar-refractivity contribution is -0.131. The number of aryl methyl sites for hydroxylation is 2. The third-order valence-electron chi connectivity index (χ3n) is 5.32. The van der Waals surface area contributed by atoms with Crippen LogP contribution in [0.4, 0.5) is 5.69 Å². The zero-order valence-corrected chi connectivity index (χ0v) is 18.8. The molecule has 0 N–H and O–H groups in total. The summed E-state index contributed by atoms with van der Waals surface area (Å²) in [6.07, 6.45) is 1.15. The molecule has 0 spiro atoms. The normalized spacial score (nSPS) is 14.4. The van der Waals surface area contributed by atoms with Crippen LogP contribution in [0.5, 0.6) is 5.88 Å². The third-order valence-corrected chi connectivity index (χ3v) is 6.28. The molecule has 30 heavy (non-hydrogen) atoms. The predicted molar refractivity (Wildman–Crippen MR) is 122 cm³/mol. The molecule has 1 saturated heterocycles. The van der Waals surface area contributed by atoms with Crippen LogP contribution in [0.25, 0.3) is 10.2 Å². The first-order valence-electron chi connectivity index (χ1n) is 10.2. The Balaban J connectivity index is 1.23. The molecule has 0 radical (unpaired) electrons. The van der Waals surface area contributed by atoms with E-state index in [1.54, 1.807) is 0 Å². The van der Waals surface area contributed by atoms with E-state index >= 15 is 0 Å². The standard InChI is InChI=1S/C22H25ClN4O2S/c1-15-13-16(2)24-22-20(15)21(25-30-22)29-12-4-7-19(28)27-10-8-26(9-11-27)18-6-3-5-17(23)14-18/h3,5-6,13-14H,4,7-12H2,1-2H3. The molecule has 0 saturated carbocycles. The zero-order chi connectivity index (χ0) is 21.1. The maximum Gasteiger partial charge on any atom is 0.235 e. The number of anilines is 1. The molecule has 1 aliphatic heterocycles. The first kappa shape index (κ1) is 20.9. The van der Waals surface area contributed by atoms with Gasteiger partial charge in [-0.25, -0.2) is 4.98 Å². The molecule has 3 heterocycles. The average molecular weight is 445 g/mol. The maximum absolute atomic E-state index is 12.6. The smallest absolute Gasteiger partial charge is 0.235 e. The van der Waals surface area contributed by atoms with Gasteiger partial charge in [0, 0.05) is 49.0 Å². The highest BCUT2D eigenvalue weighted by Gasteiger charge is 2.21. The van der Waals surface area contributed by atoms with E-state index in [1.165, 1.54) is 11.5 Å². The number of nitrogens with zero attached hydrogens (tertiary/aromatic N) is 4. The van der Waals surface area contributed by atoms with Crippen molar-refractivity contribution in [2.45, 2.75) is 26.7 Å². The Bertz CT molecular complexity index is 1050. The van der Waals surface area contributed by atoms with Crippen molar-refractivity contribution in [2.75, 3.05) is 37.7 Å². The van der Waals surface area contributed by atoms with Crippen LogP contribution < -0.4 is 9.64 Å². The zero-order valence-electron chi connectivity index (χ0n) is 17.2. The molecular weight excluding hydrogens is 420 g/mol. The van der Waals surface area contributed by atoms with Gasteiger partial charge in [0.2, 0.25) is 11.8 Å². The number of fused-ring (bicyclic) bond motifs is 1. The van der Waals surface area contributed by atoms with Gasteiger partial charge in [0.15, 0.2) is 0 Å². The molecule has 158 valence electrons. The lowest BCUT2D eigenvalue weighted by Crippen LogP contribution is -2.48. The number of rotatable bonds is 6. The van der Waals surface area contributed by atoms with E-state index in [0.717, 1.165) is 58.4 Å². The van der Waals surface area contributed by atoms with Gasteiger partial charge < -0.3 is 14.5 Å². The molecule has 1 fully saturated rings. The summed E-state index contributed by atoms with van der Waals surface area (Å²) in [6, 6.07) is 9.90. The number of piperazine rings is 1. The summed E-state index contributed by atoms with van der Waals surface area (Å²) in [5.41, 5.74) is 3.21. The van der Waals surface area contributed by atoms with Gasteiger partial charge in [-0.15, -0.1) is 0 Å². The summed E-state index contributed by atoms with van der Waals surface area (Å²) in [5, 5.41) is 1.72. The molecule has 2 aromatic heterocycles.